The molecule has 0 aromatic heterocycles. The van der Waals surface area contributed by atoms with Crippen LogP contribution in [0.2, 0.25) is 0 Å². The van der Waals surface area contributed by atoms with Crippen molar-refractivity contribution in [2.24, 2.45) is 10.9 Å². The first-order valence-electron chi connectivity index (χ1n) is 16.3. The maximum atomic E-state index is 4.93. The van der Waals surface area contributed by atoms with Gasteiger partial charge in [-0.2, -0.15) is 0 Å². The Hall–Kier alpha value is -2.93. The van der Waals surface area contributed by atoms with Gasteiger partial charge in [-0.1, -0.05) is 113 Å². The highest BCUT2D eigenvalue weighted by Gasteiger charge is 2.29. The molecule has 3 aromatic rings. The molecule has 0 N–H and O–H groups in total. The summed E-state index contributed by atoms with van der Waals surface area (Å²) in [6, 6.07) is 22.8. The number of hydrogen-bond donors (Lipinski definition) is 0. The van der Waals surface area contributed by atoms with Crippen LogP contribution in [0.5, 0.6) is 0 Å². The van der Waals surface area contributed by atoms with Crippen LogP contribution in [0.25, 0.3) is 16.7 Å². The molecule has 3 aromatic carbocycles. The van der Waals surface area contributed by atoms with Crippen LogP contribution in [0.3, 0.4) is 0 Å². The third-order valence-corrected chi connectivity index (χ3v) is 10.3. The summed E-state index contributed by atoms with van der Waals surface area (Å²) >= 11 is 0. The van der Waals surface area contributed by atoms with E-state index in [0.717, 1.165) is 6.42 Å². The maximum Gasteiger partial charge on any atom is 0.0796 e. The Morgan fingerprint density at radius 3 is 1.88 bits per heavy atom. The first-order valence-corrected chi connectivity index (χ1v) is 16.3. The third kappa shape index (κ3) is 6.30. The molecule has 1 heteroatoms. The van der Waals surface area contributed by atoms with Crippen molar-refractivity contribution in [1.29, 1.82) is 0 Å². The summed E-state index contributed by atoms with van der Waals surface area (Å²) in [5.74, 6) is 1.65. The second-order valence-electron chi connectivity index (χ2n) is 13.5. The van der Waals surface area contributed by atoms with Crippen molar-refractivity contribution < 1.29 is 0 Å². The van der Waals surface area contributed by atoms with E-state index in [4.69, 9.17) is 6.58 Å². The monoisotopic (exact) mass is 545 g/mol. The number of benzene rings is 3. The van der Waals surface area contributed by atoms with Crippen LogP contribution < -0.4 is 0 Å². The van der Waals surface area contributed by atoms with Crippen molar-refractivity contribution >= 4 is 12.3 Å². The lowest BCUT2D eigenvalue weighted by Crippen LogP contribution is -2.19. The molecular formula is C40H51N. The summed E-state index contributed by atoms with van der Waals surface area (Å²) < 4.78 is 0. The molecule has 0 heterocycles. The van der Waals surface area contributed by atoms with E-state index in [1.54, 1.807) is 11.1 Å². The molecule has 0 saturated heterocycles. The van der Waals surface area contributed by atoms with Crippen molar-refractivity contribution in [3.8, 4) is 11.1 Å². The predicted molar refractivity (Wildman–Crippen MR) is 179 cm³/mol. The highest BCUT2D eigenvalue weighted by Crippen LogP contribution is 2.45. The van der Waals surface area contributed by atoms with E-state index < -0.39 is 0 Å². The first kappa shape index (κ1) is 29.6. The van der Waals surface area contributed by atoms with E-state index in [9.17, 15) is 0 Å². The molecule has 2 aliphatic rings. The lowest BCUT2D eigenvalue weighted by Gasteiger charge is -2.32. The summed E-state index contributed by atoms with van der Waals surface area (Å²) in [5, 5.41) is 0. The van der Waals surface area contributed by atoms with E-state index in [1.165, 1.54) is 103 Å². The largest absolute Gasteiger partial charge is 0.290 e. The van der Waals surface area contributed by atoms with Gasteiger partial charge in [-0.05, 0) is 127 Å². The van der Waals surface area contributed by atoms with E-state index in [1.807, 2.05) is 0 Å². The number of aryl methyl sites for hydroxylation is 1. The Bertz CT molecular complexity index is 1330. The quantitative estimate of drug-likeness (QED) is 0.237. The summed E-state index contributed by atoms with van der Waals surface area (Å²) in [6.07, 6.45) is 14.4. The molecule has 0 aliphatic heterocycles. The molecule has 1 atom stereocenters. The summed E-state index contributed by atoms with van der Waals surface area (Å²) in [6.45, 7) is 17.9. The van der Waals surface area contributed by atoms with Gasteiger partial charge in [0.15, 0.2) is 0 Å². The summed E-state index contributed by atoms with van der Waals surface area (Å²) in [7, 11) is 0. The van der Waals surface area contributed by atoms with Crippen LogP contribution in [0.15, 0.2) is 72.2 Å². The van der Waals surface area contributed by atoms with E-state index >= 15 is 0 Å². The van der Waals surface area contributed by atoms with Gasteiger partial charge in [0.25, 0.3) is 0 Å². The van der Waals surface area contributed by atoms with Gasteiger partial charge in [0.05, 0.1) is 5.54 Å². The van der Waals surface area contributed by atoms with Crippen molar-refractivity contribution in [3.05, 3.63) is 101 Å². The third-order valence-electron chi connectivity index (χ3n) is 10.3. The van der Waals surface area contributed by atoms with E-state index in [-0.39, 0.29) is 5.54 Å². The molecule has 0 spiro atoms. The minimum atomic E-state index is -0.359. The smallest absolute Gasteiger partial charge is 0.0796 e. The van der Waals surface area contributed by atoms with Crippen LogP contribution in [0.1, 0.15) is 130 Å². The van der Waals surface area contributed by atoms with Crippen LogP contribution >= 0.6 is 0 Å². The zero-order valence-corrected chi connectivity index (χ0v) is 26.1. The van der Waals surface area contributed by atoms with E-state index in [2.05, 4.69) is 100 Å². The lowest BCUT2D eigenvalue weighted by atomic mass is 9.72. The standard InChI is InChI=1S/C40H51N/c1-28-17-13-14-22-33(28)36-25-16-26-38(40(4,5)41-6)37(36)27-29(2)30(3)39-34(31-18-9-7-10-19-31)23-15-24-35(39)32-20-11-8-12-21-32/h13-17,22-26,29,31-32H,3,6-12,18-21,27H2,1-2,4-5H3. The lowest BCUT2D eigenvalue weighted by molar-refractivity contribution is 0.434. The van der Waals surface area contributed by atoms with Crippen LogP contribution in [0.4, 0.5) is 0 Å². The first-order chi connectivity index (χ1) is 19.8. The van der Waals surface area contributed by atoms with Gasteiger partial charge >= 0.3 is 0 Å². The fraction of sp³-hybridized carbons (Fsp3) is 0.475. The molecule has 216 valence electrons. The molecule has 2 saturated carbocycles. The summed E-state index contributed by atoms with van der Waals surface area (Å²) in [4.78, 5) is 4.60. The number of allylic oxidation sites excluding steroid dienone is 1. The minimum Gasteiger partial charge on any atom is -0.290 e. The zero-order chi connectivity index (χ0) is 29.0. The number of aliphatic imine (C=N–C) groups is 1. The Kier molecular flexibility index (Phi) is 9.32. The molecule has 1 unspecified atom stereocenters. The fourth-order valence-electron chi connectivity index (χ4n) is 7.74. The van der Waals surface area contributed by atoms with Gasteiger partial charge < -0.3 is 0 Å². The average molecular weight is 546 g/mol. The van der Waals surface area contributed by atoms with Crippen molar-refractivity contribution in [3.63, 3.8) is 0 Å². The molecular weight excluding hydrogens is 494 g/mol. The van der Waals surface area contributed by atoms with Crippen molar-refractivity contribution in [1.82, 2.24) is 0 Å². The Balaban J connectivity index is 1.59. The normalized spacial score (nSPS) is 17.8. The second-order valence-corrected chi connectivity index (χ2v) is 13.5. The summed E-state index contributed by atoms with van der Waals surface area (Å²) in [5.41, 5.74) is 12.3. The molecule has 0 radical (unpaired) electrons. The Morgan fingerprint density at radius 1 is 0.780 bits per heavy atom. The molecule has 0 amide bonds. The van der Waals surface area contributed by atoms with Gasteiger partial charge in [-0.3, -0.25) is 4.99 Å². The topological polar surface area (TPSA) is 12.4 Å². The van der Waals surface area contributed by atoms with Crippen molar-refractivity contribution in [2.75, 3.05) is 0 Å². The Labute approximate surface area is 250 Å². The molecule has 2 fully saturated rings. The van der Waals surface area contributed by atoms with Crippen LogP contribution in [-0.4, -0.2) is 6.72 Å². The molecule has 41 heavy (non-hydrogen) atoms. The van der Waals surface area contributed by atoms with Gasteiger partial charge in [-0.25, -0.2) is 0 Å². The van der Waals surface area contributed by atoms with E-state index in [0.29, 0.717) is 17.8 Å². The van der Waals surface area contributed by atoms with Gasteiger partial charge in [0, 0.05) is 0 Å². The Morgan fingerprint density at radius 2 is 1.32 bits per heavy atom. The average Bonchev–Trinajstić information content (AvgIpc) is 3.01. The highest BCUT2D eigenvalue weighted by molar-refractivity contribution is 5.75. The van der Waals surface area contributed by atoms with Crippen LogP contribution in [-0.2, 0) is 12.0 Å². The predicted octanol–water partition coefficient (Wildman–Crippen LogP) is 11.6. The van der Waals surface area contributed by atoms with Gasteiger partial charge in [0.2, 0.25) is 0 Å². The van der Waals surface area contributed by atoms with Crippen LogP contribution in [0, 0.1) is 12.8 Å². The van der Waals surface area contributed by atoms with Crippen molar-refractivity contribution in [2.45, 2.75) is 116 Å². The molecule has 2 aliphatic carbocycles. The fourth-order valence-corrected chi connectivity index (χ4v) is 7.74. The SMILES string of the molecule is C=NC(C)(C)c1cccc(-c2ccccc2C)c1CC(C)C(=C)c1c(C2CCCCC2)cccc1C1CCCCC1. The molecule has 1 nitrogen and oxygen atoms in total. The highest BCUT2D eigenvalue weighted by atomic mass is 14.8. The maximum absolute atomic E-state index is 4.93. The number of rotatable bonds is 9. The minimum absolute atomic E-state index is 0.312. The number of nitrogens with zero attached hydrogens (tertiary/aromatic N) is 1. The number of hydrogen-bond acceptors (Lipinski definition) is 1. The zero-order valence-electron chi connectivity index (χ0n) is 26.1. The molecule has 5 rings (SSSR count). The van der Waals surface area contributed by atoms with Gasteiger partial charge in [0.1, 0.15) is 0 Å². The second kappa shape index (κ2) is 12.9. The van der Waals surface area contributed by atoms with Gasteiger partial charge in [-0.15, -0.1) is 0 Å². The molecule has 0 bridgehead atoms.